The smallest absolute Gasteiger partial charge is 0.286 e. The molecule has 1 N–H and O–H groups in total. The van der Waals surface area contributed by atoms with Crippen molar-refractivity contribution in [2.75, 3.05) is 26.1 Å². The summed E-state index contributed by atoms with van der Waals surface area (Å²) in [6.45, 7) is 0.291. The van der Waals surface area contributed by atoms with E-state index in [1.165, 1.54) is 30.6 Å². The van der Waals surface area contributed by atoms with Crippen LogP contribution in [-0.4, -0.2) is 42.0 Å². The molecular formula is C20H21N5O5S. The van der Waals surface area contributed by atoms with E-state index in [1.54, 1.807) is 11.7 Å². The Bertz CT molecular complexity index is 1050. The molecule has 3 rings (SSSR count). The first-order chi connectivity index (χ1) is 14.9. The largest absolute Gasteiger partial charge is 0.493 e. The van der Waals surface area contributed by atoms with E-state index in [-0.39, 0.29) is 35.9 Å². The van der Waals surface area contributed by atoms with Gasteiger partial charge in [-0.05, 0) is 11.6 Å². The average molecular weight is 443 g/mol. The van der Waals surface area contributed by atoms with Crippen LogP contribution in [0.15, 0.2) is 41.4 Å². The number of rotatable bonds is 9. The van der Waals surface area contributed by atoms with Crippen LogP contribution in [0.3, 0.4) is 0 Å². The van der Waals surface area contributed by atoms with Gasteiger partial charge in [-0.3, -0.25) is 14.9 Å². The maximum absolute atomic E-state index is 12.7. The number of nitrogens with zero attached hydrogens (tertiary/aromatic N) is 4. The standard InChI is InChI=1S/C20H21N5O5S/c1-24(2)19-5-4-13(8-21-19)9-22-20(26)15-6-17(29-3)18(7-16(15)25(27)28)30-10-14-11-31-12-23-14/h4-8,11-12H,9-10H2,1-3H3,(H,22,26). The number of thiazole rings is 1. The summed E-state index contributed by atoms with van der Waals surface area (Å²) >= 11 is 1.41. The molecule has 10 nitrogen and oxygen atoms in total. The Hall–Kier alpha value is -3.73. The molecule has 11 heteroatoms. The van der Waals surface area contributed by atoms with Gasteiger partial charge in [0.25, 0.3) is 11.6 Å². The molecular weight excluding hydrogens is 422 g/mol. The first-order valence-electron chi connectivity index (χ1n) is 9.15. The SMILES string of the molecule is COc1cc(C(=O)NCc2ccc(N(C)C)nc2)c([N+](=O)[O-])cc1OCc1cscn1. The number of methoxy groups -OCH3 is 1. The number of carbonyl (C=O) groups excluding carboxylic acids is 1. The third-order valence-corrected chi connectivity index (χ3v) is 4.94. The van der Waals surface area contributed by atoms with E-state index in [9.17, 15) is 14.9 Å². The van der Waals surface area contributed by atoms with Crippen molar-refractivity contribution in [1.29, 1.82) is 0 Å². The molecule has 0 aliphatic heterocycles. The Balaban J connectivity index is 1.78. The van der Waals surface area contributed by atoms with Crippen LogP contribution in [-0.2, 0) is 13.2 Å². The lowest BCUT2D eigenvalue weighted by Crippen LogP contribution is -2.24. The Morgan fingerprint density at radius 1 is 1.26 bits per heavy atom. The molecule has 162 valence electrons. The number of benzene rings is 1. The molecule has 0 spiro atoms. The Kier molecular flexibility index (Phi) is 6.98. The molecule has 0 radical (unpaired) electrons. The zero-order valence-electron chi connectivity index (χ0n) is 17.2. The molecule has 0 fully saturated rings. The normalized spacial score (nSPS) is 10.4. The molecule has 2 heterocycles. The maximum Gasteiger partial charge on any atom is 0.286 e. The fourth-order valence-corrected chi connectivity index (χ4v) is 3.22. The minimum Gasteiger partial charge on any atom is -0.493 e. The van der Waals surface area contributed by atoms with Gasteiger partial charge < -0.3 is 19.7 Å². The lowest BCUT2D eigenvalue weighted by atomic mass is 10.1. The molecule has 3 aromatic rings. The second kappa shape index (κ2) is 9.85. The number of nitro groups is 1. The predicted octanol–water partition coefficient (Wildman–Crippen LogP) is 3.03. The minimum absolute atomic E-state index is 0.124. The first kappa shape index (κ1) is 22.0. The highest BCUT2D eigenvalue weighted by molar-refractivity contribution is 7.07. The molecule has 0 aliphatic carbocycles. The fourth-order valence-electron chi connectivity index (χ4n) is 2.68. The van der Waals surface area contributed by atoms with E-state index in [4.69, 9.17) is 9.47 Å². The zero-order chi connectivity index (χ0) is 22.4. The van der Waals surface area contributed by atoms with Crippen LogP contribution in [0.25, 0.3) is 0 Å². The first-order valence-corrected chi connectivity index (χ1v) is 10.1. The zero-order valence-corrected chi connectivity index (χ0v) is 18.0. The summed E-state index contributed by atoms with van der Waals surface area (Å²) in [6.07, 6.45) is 1.64. The van der Waals surface area contributed by atoms with Crippen molar-refractivity contribution in [2.24, 2.45) is 0 Å². The van der Waals surface area contributed by atoms with Crippen LogP contribution in [0.1, 0.15) is 21.6 Å². The number of hydrogen-bond acceptors (Lipinski definition) is 9. The minimum atomic E-state index is -0.627. The molecule has 1 amide bonds. The van der Waals surface area contributed by atoms with Gasteiger partial charge in [0, 0.05) is 38.3 Å². The van der Waals surface area contributed by atoms with Gasteiger partial charge >= 0.3 is 0 Å². The van der Waals surface area contributed by atoms with Gasteiger partial charge in [0.1, 0.15) is 18.0 Å². The molecule has 0 atom stereocenters. The van der Waals surface area contributed by atoms with Crippen molar-refractivity contribution in [3.63, 3.8) is 0 Å². The van der Waals surface area contributed by atoms with Crippen LogP contribution in [0, 0.1) is 10.1 Å². The van der Waals surface area contributed by atoms with Gasteiger partial charge in [0.05, 0.1) is 29.3 Å². The molecule has 0 saturated heterocycles. The topological polar surface area (TPSA) is 120 Å². The highest BCUT2D eigenvalue weighted by Crippen LogP contribution is 2.35. The molecule has 0 bridgehead atoms. The van der Waals surface area contributed by atoms with Crippen LogP contribution in [0.2, 0.25) is 0 Å². The van der Waals surface area contributed by atoms with E-state index >= 15 is 0 Å². The Morgan fingerprint density at radius 3 is 2.65 bits per heavy atom. The van der Waals surface area contributed by atoms with Crippen molar-refractivity contribution in [2.45, 2.75) is 13.2 Å². The Labute approximate surface area is 182 Å². The second-order valence-electron chi connectivity index (χ2n) is 6.65. The number of nitrogens with one attached hydrogen (secondary N) is 1. The lowest BCUT2D eigenvalue weighted by Gasteiger charge is -2.13. The molecule has 0 aliphatic rings. The highest BCUT2D eigenvalue weighted by atomic mass is 32.1. The molecule has 1 aromatic carbocycles. The molecule has 31 heavy (non-hydrogen) atoms. The summed E-state index contributed by atoms with van der Waals surface area (Å²) in [7, 11) is 5.15. The van der Waals surface area contributed by atoms with E-state index in [2.05, 4.69) is 15.3 Å². The number of hydrogen-bond donors (Lipinski definition) is 1. The third kappa shape index (κ3) is 5.45. The number of pyridine rings is 1. The van der Waals surface area contributed by atoms with Gasteiger partial charge in [-0.1, -0.05) is 6.07 Å². The summed E-state index contributed by atoms with van der Waals surface area (Å²) in [6, 6.07) is 6.14. The molecule has 0 saturated carbocycles. The van der Waals surface area contributed by atoms with E-state index in [1.807, 2.05) is 36.5 Å². The summed E-state index contributed by atoms with van der Waals surface area (Å²) in [5.74, 6) is 0.543. The number of amides is 1. The second-order valence-corrected chi connectivity index (χ2v) is 7.37. The van der Waals surface area contributed by atoms with Crippen LogP contribution >= 0.6 is 11.3 Å². The summed E-state index contributed by atoms with van der Waals surface area (Å²) in [5.41, 5.74) is 2.60. The van der Waals surface area contributed by atoms with Crippen molar-refractivity contribution >= 4 is 28.7 Å². The van der Waals surface area contributed by atoms with Gasteiger partial charge in [-0.2, -0.15) is 0 Å². The van der Waals surface area contributed by atoms with Crippen molar-refractivity contribution < 1.29 is 19.2 Å². The number of ether oxygens (including phenoxy) is 2. The van der Waals surface area contributed by atoms with E-state index < -0.39 is 10.8 Å². The quantitative estimate of drug-likeness (QED) is 0.396. The molecule has 0 unspecified atom stereocenters. The maximum atomic E-state index is 12.7. The average Bonchev–Trinajstić information content (AvgIpc) is 3.29. The highest BCUT2D eigenvalue weighted by Gasteiger charge is 2.25. The Morgan fingerprint density at radius 2 is 2.06 bits per heavy atom. The number of aromatic nitrogens is 2. The number of carbonyl (C=O) groups is 1. The van der Waals surface area contributed by atoms with Crippen LogP contribution < -0.4 is 19.7 Å². The fraction of sp³-hybridized carbons (Fsp3) is 0.250. The van der Waals surface area contributed by atoms with Crippen LogP contribution in [0.5, 0.6) is 11.5 Å². The summed E-state index contributed by atoms with van der Waals surface area (Å²) in [5, 5.41) is 16.1. The van der Waals surface area contributed by atoms with Gasteiger partial charge in [-0.25, -0.2) is 9.97 Å². The van der Waals surface area contributed by atoms with Gasteiger partial charge in [0.2, 0.25) is 0 Å². The molecule has 2 aromatic heterocycles. The monoisotopic (exact) mass is 443 g/mol. The number of anilines is 1. The van der Waals surface area contributed by atoms with Crippen molar-refractivity contribution in [3.05, 3.63) is 68.3 Å². The summed E-state index contributed by atoms with van der Waals surface area (Å²) in [4.78, 5) is 33.9. The van der Waals surface area contributed by atoms with Crippen LogP contribution in [0.4, 0.5) is 11.5 Å². The number of nitro benzene ring substituents is 1. The van der Waals surface area contributed by atoms with E-state index in [0.29, 0.717) is 5.69 Å². The van der Waals surface area contributed by atoms with Gasteiger partial charge in [-0.15, -0.1) is 11.3 Å². The van der Waals surface area contributed by atoms with Gasteiger partial charge in [0.15, 0.2) is 11.5 Å². The third-order valence-electron chi connectivity index (χ3n) is 4.30. The van der Waals surface area contributed by atoms with Crippen molar-refractivity contribution in [1.82, 2.24) is 15.3 Å². The summed E-state index contributed by atoms with van der Waals surface area (Å²) < 4.78 is 10.9. The van der Waals surface area contributed by atoms with Crippen molar-refractivity contribution in [3.8, 4) is 11.5 Å². The lowest BCUT2D eigenvalue weighted by molar-refractivity contribution is -0.385. The predicted molar refractivity (Wildman–Crippen MR) is 116 cm³/mol. The van der Waals surface area contributed by atoms with E-state index in [0.717, 1.165) is 11.4 Å².